The Morgan fingerprint density at radius 1 is 1.33 bits per heavy atom. The first-order valence-corrected chi connectivity index (χ1v) is 5.58. The van der Waals surface area contributed by atoms with Crippen molar-refractivity contribution in [3.05, 3.63) is 52.7 Å². The van der Waals surface area contributed by atoms with Crippen LogP contribution in [0, 0.1) is 6.92 Å². The lowest BCUT2D eigenvalue weighted by Gasteiger charge is -2.10. The molecule has 0 aliphatic rings. The molecule has 0 radical (unpaired) electrons. The Balaban J connectivity index is 2.39. The van der Waals surface area contributed by atoms with Crippen molar-refractivity contribution in [2.75, 3.05) is 0 Å². The van der Waals surface area contributed by atoms with Gasteiger partial charge in [0, 0.05) is 11.8 Å². The number of carbonyl (C=O) groups is 1. The lowest BCUT2D eigenvalue weighted by molar-refractivity contribution is 0.0695. The summed E-state index contributed by atoms with van der Waals surface area (Å²) in [5.41, 5.74) is 0.728. The first-order valence-electron chi connectivity index (χ1n) is 5.21. The van der Waals surface area contributed by atoms with E-state index in [2.05, 4.69) is 4.98 Å². The van der Waals surface area contributed by atoms with E-state index >= 15 is 0 Å². The van der Waals surface area contributed by atoms with Crippen LogP contribution in [0.3, 0.4) is 0 Å². The van der Waals surface area contributed by atoms with Gasteiger partial charge in [-0.1, -0.05) is 17.7 Å². The maximum Gasteiger partial charge on any atom is 0.336 e. The Kier molecular flexibility index (Phi) is 3.48. The van der Waals surface area contributed by atoms with Crippen molar-refractivity contribution >= 4 is 17.6 Å². The van der Waals surface area contributed by atoms with Gasteiger partial charge in [-0.25, -0.2) is 9.78 Å². The summed E-state index contributed by atoms with van der Waals surface area (Å²) in [6, 6.07) is 8.15. The van der Waals surface area contributed by atoms with Crippen LogP contribution in [0.4, 0.5) is 0 Å². The second-order valence-electron chi connectivity index (χ2n) is 3.63. The van der Waals surface area contributed by atoms with Crippen LogP contribution in [-0.2, 0) is 0 Å². The number of rotatable bonds is 3. The Labute approximate surface area is 109 Å². The van der Waals surface area contributed by atoms with E-state index < -0.39 is 5.97 Å². The highest BCUT2D eigenvalue weighted by Gasteiger charge is 2.12. The van der Waals surface area contributed by atoms with E-state index in [1.807, 2.05) is 0 Å². The van der Waals surface area contributed by atoms with E-state index in [4.69, 9.17) is 21.4 Å². The van der Waals surface area contributed by atoms with Crippen LogP contribution in [0.1, 0.15) is 15.9 Å². The number of carboxylic acid groups (broad SMARTS) is 1. The zero-order chi connectivity index (χ0) is 13.1. The van der Waals surface area contributed by atoms with Gasteiger partial charge >= 0.3 is 5.97 Å². The first kappa shape index (κ1) is 12.4. The van der Waals surface area contributed by atoms with Crippen LogP contribution < -0.4 is 4.74 Å². The maximum atomic E-state index is 11.0. The number of hydrogen-bond acceptors (Lipinski definition) is 3. The molecule has 1 aromatic carbocycles. The molecule has 4 nitrogen and oxygen atoms in total. The van der Waals surface area contributed by atoms with Crippen molar-refractivity contribution in [3.63, 3.8) is 0 Å². The van der Waals surface area contributed by atoms with Crippen molar-refractivity contribution in [2.45, 2.75) is 6.92 Å². The van der Waals surface area contributed by atoms with Gasteiger partial charge in [0.15, 0.2) is 0 Å². The van der Waals surface area contributed by atoms with Gasteiger partial charge in [0.25, 0.3) is 0 Å². The molecule has 0 aliphatic heterocycles. The van der Waals surface area contributed by atoms with Crippen molar-refractivity contribution in [2.24, 2.45) is 0 Å². The van der Waals surface area contributed by atoms with Crippen LogP contribution in [-0.4, -0.2) is 16.1 Å². The molecule has 92 valence electrons. The molecule has 0 bridgehead atoms. The molecule has 0 saturated heterocycles. The Morgan fingerprint density at radius 2 is 2.11 bits per heavy atom. The summed E-state index contributed by atoms with van der Waals surface area (Å²) < 4.78 is 5.52. The minimum atomic E-state index is -0.995. The maximum absolute atomic E-state index is 11.0. The van der Waals surface area contributed by atoms with Crippen LogP contribution in [0.5, 0.6) is 11.6 Å². The summed E-state index contributed by atoms with van der Waals surface area (Å²) in [5, 5.41) is 9.39. The fraction of sp³-hybridized carbons (Fsp3) is 0.0769. The molecule has 0 aliphatic carbocycles. The average Bonchev–Trinajstić information content (AvgIpc) is 2.34. The van der Waals surface area contributed by atoms with E-state index in [-0.39, 0.29) is 11.4 Å². The van der Waals surface area contributed by atoms with Gasteiger partial charge in [0.1, 0.15) is 10.8 Å². The molecule has 0 amide bonds. The fourth-order valence-electron chi connectivity index (χ4n) is 1.51. The minimum absolute atomic E-state index is 0.194. The van der Waals surface area contributed by atoms with Crippen LogP contribution in [0.15, 0.2) is 36.5 Å². The van der Waals surface area contributed by atoms with Crippen molar-refractivity contribution in [1.29, 1.82) is 0 Å². The van der Waals surface area contributed by atoms with Gasteiger partial charge < -0.3 is 9.84 Å². The lowest BCUT2D eigenvalue weighted by Crippen LogP contribution is -2.01. The summed E-state index contributed by atoms with van der Waals surface area (Å²) in [6.07, 6.45) is 1.55. The smallest absolute Gasteiger partial charge is 0.336 e. The lowest BCUT2D eigenvalue weighted by atomic mass is 10.1. The van der Waals surface area contributed by atoms with Gasteiger partial charge in [-0.05, 0) is 31.2 Å². The van der Waals surface area contributed by atoms with E-state index in [0.29, 0.717) is 16.3 Å². The SMILES string of the molecule is Cc1c(Oc2ncccc2Cl)cccc1C(=O)O. The van der Waals surface area contributed by atoms with E-state index in [0.717, 1.165) is 0 Å². The summed E-state index contributed by atoms with van der Waals surface area (Å²) in [6.45, 7) is 1.68. The van der Waals surface area contributed by atoms with E-state index in [1.54, 1.807) is 37.4 Å². The average molecular weight is 264 g/mol. The van der Waals surface area contributed by atoms with E-state index in [9.17, 15) is 4.79 Å². The Morgan fingerprint density at radius 3 is 2.78 bits per heavy atom. The Bertz CT molecular complexity index is 599. The Hall–Kier alpha value is -2.07. The standard InChI is InChI=1S/C13H10ClNO3/c1-8-9(13(16)17)4-2-6-11(8)18-12-10(14)5-3-7-15-12/h2-7H,1H3,(H,16,17). The molecule has 1 heterocycles. The number of benzene rings is 1. The minimum Gasteiger partial charge on any atom is -0.478 e. The molecule has 0 spiro atoms. The number of aromatic carboxylic acids is 1. The van der Waals surface area contributed by atoms with Crippen molar-refractivity contribution in [3.8, 4) is 11.6 Å². The molecule has 0 fully saturated rings. The predicted molar refractivity (Wildman–Crippen MR) is 67.5 cm³/mol. The third-order valence-electron chi connectivity index (χ3n) is 2.45. The molecular weight excluding hydrogens is 254 g/mol. The van der Waals surface area contributed by atoms with Crippen LogP contribution in [0.2, 0.25) is 5.02 Å². The largest absolute Gasteiger partial charge is 0.478 e. The van der Waals surface area contributed by atoms with Crippen molar-refractivity contribution < 1.29 is 14.6 Å². The number of ether oxygens (including phenoxy) is 1. The third kappa shape index (κ3) is 2.43. The predicted octanol–water partition coefficient (Wildman–Crippen LogP) is 3.53. The summed E-state index contributed by atoms with van der Waals surface area (Å²) in [4.78, 5) is 15.0. The van der Waals surface area contributed by atoms with Gasteiger partial charge in [-0.2, -0.15) is 0 Å². The highest BCUT2D eigenvalue weighted by atomic mass is 35.5. The molecule has 2 rings (SSSR count). The van der Waals surface area contributed by atoms with Gasteiger partial charge in [0.05, 0.1) is 5.56 Å². The molecular formula is C13H10ClNO3. The molecule has 18 heavy (non-hydrogen) atoms. The molecule has 1 N–H and O–H groups in total. The summed E-state index contributed by atoms with van der Waals surface area (Å²) >= 11 is 5.92. The summed E-state index contributed by atoms with van der Waals surface area (Å²) in [7, 11) is 0. The second-order valence-corrected chi connectivity index (χ2v) is 4.03. The van der Waals surface area contributed by atoms with Gasteiger partial charge in [-0.15, -0.1) is 0 Å². The zero-order valence-electron chi connectivity index (χ0n) is 9.55. The van der Waals surface area contributed by atoms with Crippen molar-refractivity contribution in [1.82, 2.24) is 4.98 Å². The fourth-order valence-corrected chi connectivity index (χ4v) is 1.67. The molecule has 0 unspecified atom stereocenters. The van der Waals surface area contributed by atoms with E-state index in [1.165, 1.54) is 6.07 Å². The normalized spacial score (nSPS) is 10.1. The third-order valence-corrected chi connectivity index (χ3v) is 2.73. The second kappa shape index (κ2) is 5.06. The van der Waals surface area contributed by atoms with Gasteiger partial charge in [0.2, 0.25) is 5.88 Å². The molecule has 2 aromatic rings. The quantitative estimate of drug-likeness (QED) is 0.920. The first-order chi connectivity index (χ1) is 8.59. The zero-order valence-corrected chi connectivity index (χ0v) is 10.3. The number of halogens is 1. The molecule has 5 heteroatoms. The molecule has 0 saturated carbocycles. The van der Waals surface area contributed by atoms with Crippen LogP contribution in [0.25, 0.3) is 0 Å². The number of aromatic nitrogens is 1. The van der Waals surface area contributed by atoms with Gasteiger partial charge in [-0.3, -0.25) is 0 Å². The van der Waals surface area contributed by atoms with Crippen LogP contribution >= 0.6 is 11.6 Å². The summed E-state index contributed by atoms with van der Waals surface area (Å²) in [5.74, 6) is -0.314. The highest BCUT2D eigenvalue weighted by molar-refractivity contribution is 6.31. The monoisotopic (exact) mass is 263 g/mol. The number of pyridine rings is 1. The molecule has 1 aromatic heterocycles. The molecule has 0 atom stereocenters. The number of nitrogens with zero attached hydrogens (tertiary/aromatic N) is 1. The highest BCUT2D eigenvalue weighted by Crippen LogP contribution is 2.29. The number of hydrogen-bond donors (Lipinski definition) is 1. The topological polar surface area (TPSA) is 59.4 Å². The number of carboxylic acids is 1.